The highest BCUT2D eigenvalue weighted by atomic mass is 32.1. The molecule has 146 valence electrons. The van der Waals surface area contributed by atoms with Crippen LogP contribution in [0.25, 0.3) is 21.4 Å². The van der Waals surface area contributed by atoms with Gasteiger partial charge in [0.15, 0.2) is 11.5 Å². The van der Waals surface area contributed by atoms with E-state index in [1.807, 2.05) is 5.38 Å². The van der Waals surface area contributed by atoms with Crippen LogP contribution in [-0.4, -0.2) is 39.4 Å². The molecule has 2 saturated heterocycles. The molecule has 2 aliphatic heterocycles. The average Bonchev–Trinajstić information content (AvgIpc) is 3.20. The Morgan fingerprint density at radius 2 is 1.64 bits per heavy atom. The van der Waals surface area contributed by atoms with Crippen LogP contribution in [0.5, 0.6) is 0 Å². The minimum Gasteiger partial charge on any atom is -0.439 e. The van der Waals surface area contributed by atoms with Gasteiger partial charge in [-0.05, 0) is 37.0 Å². The molecule has 0 radical (unpaired) electrons. The molecule has 2 aromatic heterocycles. The fraction of sp³-hybridized carbons (Fsp3) is 0.409. The normalized spacial score (nSPS) is 18.0. The number of morpholine rings is 1. The van der Waals surface area contributed by atoms with Crippen LogP contribution in [0.15, 0.2) is 44.9 Å². The molecule has 0 spiro atoms. The van der Waals surface area contributed by atoms with Gasteiger partial charge in [-0.25, -0.2) is 0 Å². The standard InChI is InChI=1S/C22H24N2O3S/c25-19-14-20(24-8-2-1-3-9-24)27-21-18(15-28-22(19)21)16-4-6-17(7-5-16)23-10-12-26-13-11-23/h4-7,14-15H,1-3,8-13H2. The van der Waals surface area contributed by atoms with E-state index in [1.165, 1.54) is 23.4 Å². The molecule has 5 nitrogen and oxygen atoms in total. The molecule has 1 aromatic carbocycles. The van der Waals surface area contributed by atoms with E-state index < -0.39 is 0 Å². The van der Waals surface area contributed by atoms with Crippen molar-refractivity contribution in [3.05, 3.63) is 45.9 Å². The van der Waals surface area contributed by atoms with E-state index in [0.29, 0.717) is 10.6 Å². The van der Waals surface area contributed by atoms with Crippen molar-refractivity contribution in [3.8, 4) is 11.1 Å². The lowest BCUT2D eigenvalue weighted by Crippen LogP contribution is -2.36. The van der Waals surface area contributed by atoms with Crippen LogP contribution in [-0.2, 0) is 4.74 Å². The van der Waals surface area contributed by atoms with E-state index in [0.717, 1.165) is 68.9 Å². The van der Waals surface area contributed by atoms with Gasteiger partial charge in [0, 0.05) is 48.9 Å². The lowest BCUT2D eigenvalue weighted by molar-refractivity contribution is 0.122. The minimum atomic E-state index is 0.0583. The molecular weight excluding hydrogens is 372 g/mol. The third-order valence-electron chi connectivity index (χ3n) is 5.65. The Bertz CT molecular complexity index is 1010. The quantitative estimate of drug-likeness (QED) is 0.659. The zero-order chi connectivity index (χ0) is 18.9. The number of rotatable bonds is 3. The summed E-state index contributed by atoms with van der Waals surface area (Å²) in [4.78, 5) is 17.2. The Balaban J connectivity index is 1.50. The van der Waals surface area contributed by atoms with Gasteiger partial charge >= 0.3 is 0 Å². The fourth-order valence-electron chi connectivity index (χ4n) is 4.07. The maximum Gasteiger partial charge on any atom is 0.204 e. The van der Waals surface area contributed by atoms with E-state index in [9.17, 15) is 4.79 Å². The topological polar surface area (TPSA) is 45.9 Å². The molecule has 3 aromatic rings. The predicted molar refractivity (Wildman–Crippen MR) is 115 cm³/mol. The number of hydrogen-bond donors (Lipinski definition) is 0. The predicted octanol–water partition coefficient (Wildman–Crippen LogP) is 4.35. The van der Waals surface area contributed by atoms with Crippen LogP contribution >= 0.6 is 11.3 Å². The summed E-state index contributed by atoms with van der Waals surface area (Å²) >= 11 is 1.47. The van der Waals surface area contributed by atoms with E-state index >= 15 is 0 Å². The van der Waals surface area contributed by atoms with Crippen LogP contribution in [0, 0.1) is 0 Å². The summed E-state index contributed by atoms with van der Waals surface area (Å²) in [7, 11) is 0. The van der Waals surface area contributed by atoms with Crippen molar-refractivity contribution in [1.29, 1.82) is 0 Å². The van der Waals surface area contributed by atoms with Gasteiger partial charge in [-0.15, -0.1) is 11.3 Å². The number of anilines is 2. The van der Waals surface area contributed by atoms with Crippen LogP contribution in [0.1, 0.15) is 19.3 Å². The highest BCUT2D eigenvalue weighted by Crippen LogP contribution is 2.35. The van der Waals surface area contributed by atoms with E-state index in [-0.39, 0.29) is 5.43 Å². The van der Waals surface area contributed by atoms with Gasteiger partial charge in [-0.2, -0.15) is 0 Å². The number of fused-ring (bicyclic) bond motifs is 1. The molecule has 5 rings (SSSR count). The summed E-state index contributed by atoms with van der Waals surface area (Å²) < 4.78 is 12.4. The third-order valence-corrected chi connectivity index (χ3v) is 6.63. The third kappa shape index (κ3) is 3.31. The van der Waals surface area contributed by atoms with Crippen molar-refractivity contribution in [2.45, 2.75) is 19.3 Å². The van der Waals surface area contributed by atoms with Gasteiger partial charge in [0.25, 0.3) is 0 Å². The molecule has 0 atom stereocenters. The molecule has 0 saturated carbocycles. The lowest BCUT2D eigenvalue weighted by atomic mass is 10.1. The highest BCUT2D eigenvalue weighted by molar-refractivity contribution is 7.17. The molecule has 2 aliphatic rings. The summed E-state index contributed by atoms with van der Waals surface area (Å²) in [6.45, 7) is 5.33. The average molecular weight is 397 g/mol. The molecule has 2 fully saturated rings. The monoisotopic (exact) mass is 396 g/mol. The van der Waals surface area contributed by atoms with Gasteiger partial charge in [-0.3, -0.25) is 4.79 Å². The second-order valence-corrected chi connectivity index (χ2v) is 8.33. The maximum absolute atomic E-state index is 12.7. The second kappa shape index (κ2) is 7.60. The largest absolute Gasteiger partial charge is 0.439 e. The van der Waals surface area contributed by atoms with Crippen LogP contribution in [0.2, 0.25) is 0 Å². The Morgan fingerprint density at radius 3 is 2.39 bits per heavy atom. The Kier molecular flexibility index (Phi) is 4.82. The first-order valence-electron chi connectivity index (χ1n) is 10.0. The number of benzene rings is 1. The number of piperidine rings is 1. The first-order chi connectivity index (χ1) is 13.8. The van der Waals surface area contributed by atoms with Gasteiger partial charge in [-0.1, -0.05) is 12.1 Å². The SMILES string of the molecule is O=c1cc(N2CCCCC2)oc2c(-c3ccc(N4CCOCC4)cc3)csc12. The molecular formula is C22H24N2O3S. The Morgan fingerprint density at radius 1 is 0.893 bits per heavy atom. The Labute approximate surface area is 168 Å². The van der Waals surface area contributed by atoms with E-state index in [4.69, 9.17) is 9.15 Å². The first-order valence-corrected chi connectivity index (χ1v) is 10.9. The van der Waals surface area contributed by atoms with Crippen LogP contribution in [0.4, 0.5) is 11.6 Å². The van der Waals surface area contributed by atoms with Crippen molar-refractivity contribution in [1.82, 2.24) is 0 Å². The number of nitrogens with zero attached hydrogens (tertiary/aromatic N) is 2. The Hall–Kier alpha value is -2.31. The molecule has 0 aliphatic carbocycles. The first kappa shape index (κ1) is 17.8. The summed E-state index contributed by atoms with van der Waals surface area (Å²) in [5.41, 5.74) is 4.08. The summed E-state index contributed by atoms with van der Waals surface area (Å²) in [5.74, 6) is 0.710. The number of hydrogen-bond acceptors (Lipinski definition) is 6. The van der Waals surface area contributed by atoms with Crippen molar-refractivity contribution in [2.75, 3.05) is 49.2 Å². The van der Waals surface area contributed by atoms with Crippen molar-refractivity contribution in [2.24, 2.45) is 0 Å². The second-order valence-electron chi connectivity index (χ2n) is 7.45. The number of ether oxygens (including phenoxy) is 1. The van der Waals surface area contributed by atoms with Gasteiger partial charge < -0.3 is 19.0 Å². The van der Waals surface area contributed by atoms with Crippen molar-refractivity contribution < 1.29 is 9.15 Å². The molecule has 6 heteroatoms. The highest BCUT2D eigenvalue weighted by Gasteiger charge is 2.19. The van der Waals surface area contributed by atoms with Crippen LogP contribution in [0.3, 0.4) is 0 Å². The maximum atomic E-state index is 12.7. The van der Waals surface area contributed by atoms with Crippen LogP contribution < -0.4 is 15.2 Å². The molecule has 28 heavy (non-hydrogen) atoms. The van der Waals surface area contributed by atoms with E-state index in [1.54, 1.807) is 6.07 Å². The summed E-state index contributed by atoms with van der Waals surface area (Å²) in [5, 5.41) is 2.04. The molecule has 0 N–H and O–H groups in total. The fourth-order valence-corrected chi connectivity index (χ4v) is 4.99. The molecule has 4 heterocycles. The number of thiophene rings is 1. The van der Waals surface area contributed by atoms with E-state index in [2.05, 4.69) is 34.1 Å². The lowest BCUT2D eigenvalue weighted by Gasteiger charge is -2.28. The zero-order valence-electron chi connectivity index (χ0n) is 15.9. The summed E-state index contributed by atoms with van der Waals surface area (Å²) in [6.07, 6.45) is 3.56. The molecule has 0 unspecified atom stereocenters. The van der Waals surface area contributed by atoms with Crippen molar-refractivity contribution >= 4 is 33.2 Å². The molecule has 0 bridgehead atoms. The van der Waals surface area contributed by atoms with Crippen molar-refractivity contribution in [3.63, 3.8) is 0 Å². The van der Waals surface area contributed by atoms with Gasteiger partial charge in [0.05, 0.1) is 13.2 Å². The zero-order valence-corrected chi connectivity index (χ0v) is 16.7. The van der Waals surface area contributed by atoms with Gasteiger partial charge in [0.2, 0.25) is 5.43 Å². The smallest absolute Gasteiger partial charge is 0.204 e. The molecule has 0 amide bonds. The summed E-state index contributed by atoms with van der Waals surface area (Å²) in [6, 6.07) is 10.2. The van der Waals surface area contributed by atoms with Gasteiger partial charge in [0.1, 0.15) is 4.70 Å². The minimum absolute atomic E-state index is 0.0583.